The van der Waals surface area contributed by atoms with E-state index in [4.69, 9.17) is 4.98 Å². The molecule has 4 nitrogen and oxygen atoms in total. The molecule has 1 N–H and O–H groups in total. The molecule has 0 saturated heterocycles. The van der Waals surface area contributed by atoms with E-state index in [0.717, 1.165) is 38.7 Å². The SMILES string of the molecule is c1ccc(-c2csc(-c3ccc(CNc4cnc5ccccc5n4)cc3)n2)cc1. The van der Waals surface area contributed by atoms with E-state index < -0.39 is 0 Å². The summed E-state index contributed by atoms with van der Waals surface area (Å²) in [7, 11) is 0. The van der Waals surface area contributed by atoms with Crippen LogP contribution in [-0.2, 0) is 6.54 Å². The number of hydrogen-bond acceptors (Lipinski definition) is 5. The molecular weight excluding hydrogens is 376 g/mol. The Morgan fingerprint density at radius 1 is 0.724 bits per heavy atom. The van der Waals surface area contributed by atoms with Crippen molar-refractivity contribution in [3.63, 3.8) is 0 Å². The zero-order valence-electron chi connectivity index (χ0n) is 15.6. The first-order valence-corrected chi connectivity index (χ1v) is 10.3. The Balaban J connectivity index is 1.28. The van der Waals surface area contributed by atoms with Gasteiger partial charge in [0, 0.05) is 23.1 Å². The van der Waals surface area contributed by atoms with E-state index in [1.54, 1.807) is 17.5 Å². The quantitative estimate of drug-likeness (QED) is 0.395. The summed E-state index contributed by atoms with van der Waals surface area (Å²) in [5.74, 6) is 0.778. The van der Waals surface area contributed by atoms with Crippen LogP contribution >= 0.6 is 11.3 Å². The second-order valence-corrected chi connectivity index (χ2v) is 7.56. The Bertz CT molecular complexity index is 1250. The number of aromatic nitrogens is 3. The Morgan fingerprint density at radius 2 is 1.48 bits per heavy atom. The first-order chi connectivity index (χ1) is 14.3. The van der Waals surface area contributed by atoms with E-state index in [1.165, 1.54) is 5.56 Å². The second kappa shape index (κ2) is 7.81. The van der Waals surface area contributed by atoms with Gasteiger partial charge in [-0.05, 0) is 17.7 Å². The summed E-state index contributed by atoms with van der Waals surface area (Å²) in [6, 6.07) is 26.6. The lowest BCUT2D eigenvalue weighted by Gasteiger charge is -2.07. The molecular formula is C24H18N4S. The fraction of sp³-hybridized carbons (Fsp3) is 0.0417. The van der Waals surface area contributed by atoms with Crippen LogP contribution in [-0.4, -0.2) is 15.0 Å². The molecule has 3 aromatic carbocycles. The van der Waals surface area contributed by atoms with Gasteiger partial charge in [0.1, 0.15) is 10.8 Å². The summed E-state index contributed by atoms with van der Waals surface area (Å²) in [5.41, 5.74) is 6.28. The predicted octanol–water partition coefficient (Wildman–Crippen LogP) is 6.03. The van der Waals surface area contributed by atoms with Crippen molar-refractivity contribution in [2.45, 2.75) is 6.54 Å². The van der Waals surface area contributed by atoms with Crippen LogP contribution in [0.25, 0.3) is 32.9 Å². The maximum Gasteiger partial charge on any atom is 0.145 e. The Hall–Kier alpha value is -3.57. The summed E-state index contributed by atoms with van der Waals surface area (Å²) in [4.78, 5) is 13.8. The standard InChI is InChI=1S/C24H18N4S/c1-2-6-18(7-3-1)22-16-29-24(28-22)19-12-10-17(11-13-19)14-26-23-15-25-20-8-4-5-9-21(20)27-23/h1-13,15-16H,14H2,(H,26,27). The molecule has 0 aliphatic rings. The van der Waals surface area contributed by atoms with Gasteiger partial charge in [-0.25, -0.2) is 9.97 Å². The maximum atomic E-state index is 4.79. The molecule has 0 amide bonds. The molecule has 2 heterocycles. The highest BCUT2D eigenvalue weighted by Crippen LogP contribution is 2.29. The van der Waals surface area contributed by atoms with Crippen molar-refractivity contribution in [1.29, 1.82) is 0 Å². The van der Waals surface area contributed by atoms with Gasteiger partial charge in [0.25, 0.3) is 0 Å². The number of anilines is 1. The molecule has 0 unspecified atom stereocenters. The molecule has 0 bridgehead atoms. The molecule has 140 valence electrons. The minimum atomic E-state index is 0.695. The van der Waals surface area contributed by atoms with Gasteiger partial charge >= 0.3 is 0 Å². The van der Waals surface area contributed by atoms with Crippen molar-refractivity contribution in [3.8, 4) is 21.8 Å². The Kier molecular flexibility index (Phi) is 4.72. The number of thiazole rings is 1. The molecule has 29 heavy (non-hydrogen) atoms. The predicted molar refractivity (Wildman–Crippen MR) is 120 cm³/mol. The van der Waals surface area contributed by atoms with Crippen molar-refractivity contribution >= 4 is 28.2 Å². The molecule has 5 rings (SSSR count). The van der Waals surface area contributed by atoms with Crippen LogP contribution in [0.4, 0.5) is 5.82 Å². The Labute approximate surface area is 172 Å². The van der Waals surface area contributed by atoms with Gasteiger partial charge in [0.15, 0.2) is 0 Å². The molecule has 0 atom stereocenters. The molecule has 0 fully saturated rings. The van der Waals surface area contributed by atoms with Gasteiger partial charge in [-0.15, -0.1) is 11.3 Å². The average Bonchev–Trinajstić information content (AvgIpc) is 3.29. The minimum absolute atomic E-state index is 0.695. The zero-order valence-corrected chi connectivity index (χ0v) is 16.4. The van der Waals surface area contributed by atoms with Crippen molar-refractivity contribution in [2.75, 3.05) is 5.32 Å². The van der Waals surface area contributed by atoms with Crippen LogP contribution in [0.5, 0.6) is 0 Å². The van der Waals surface area contributed by atoms with E-state index in [1.807, 2.05) is 42.5 Å². The third-order valence-electron chi connectivity index (χ3n) is 4.70. The van der Waals surface area contributed by atoms with Gasteiger partial charge in [0.2, 0.25) is 0 Å². The van der Waals surface area contributed by atoms with Crippen LogP contribution in [0.2, 0.25) is 0 Å². The maximum absolute atomic E-state index is 4.79. The molecule has 5 heteroatoms. The number of para-hydroxylation sites is 2. The first kappa shape index (κ1) is 17.5. The topological polar surface area (TPSA) is 50.7 Å². The lowest BCUT2D eigenvalue weighted by Crippen LogP contribution is -2.02. The second-order valence-electron chi connectivity index (χ2n) is 6.70. The lowest BCUT2D eigenvalue weighted by molar-refractivity contribution is 1.11. The van der Waals surface area contributed by atoms with Crippen LogP contribution in [0.3, 0.4) is 0 Å². The third kappa shape index (κ3) is 3.86. The van der Waals surface area contributed by atoms with Crippen LogP contribution in [0.1, 0.15) is 5.56 Å². The number of hydrogen-bond donors (Lipinski definition) is 1. The minimum Gasteiger partial charge on any atom is -0.365 e. The summed E-state index contributed by atoms with van der Waals surface area (Å²) in [6.07, 6.45) is 1.78. The lowest BCUT2D eigenvalue weighted by atomic mass is 10.1. The van der Waals surface area contributed by atoms with Crippen LogP contribution in [0, 0.1) is 0 Å². The van der Waals surface area contributed by atoms with E-state index in [9.17, 15) is 0 Å². The van der Waals surface area contributed by atoms with Gasteiger partial charge in [-0.1, -0.05) is 66.7 Å². The summed E-state index contributed by atoms with van der Waals surface area (Å²) < 4.78 is 0. The highest BCUT2D eigenvalue weighted by atomic mass is 32.1. The fourth-order valence-electron chi connectivity index (χ4n) is 3.15. The van der Waals surface area contributed by atoms with Gasteiger partial charge in [-0.3, -0.25) is 4.98 Å². The Morgan fingerprint density at radius 3 is 2.31 bits per heavy atom. The number of nitrogens with zero attached hydrogens (tertiary/aromatic N) is 3. The molecule has 0 radical (unpaired) electrons. The summed E-state index contributed by atoms with van der Waals surface area (Å²) in [5, 5.41) is 6.49. The normalized spacial score (nSPS) is 10.9. The van der Waals surface area contributed by atoms with E-state index in [2.05, 4.69) is 57.1 Å². The number of nitrogens with one attached hydrogen (secondary N) is 1. The fourth-order valence-corrected chi connectivity index (χ4v) is 3.98. The number of benzene rings is 3. The highest BCUT2D eigenvalue weighted by molar-refractivity contribution is 7.13. The molecule has 0 saturated carbocycles. The van der Waals surface area contributed by atoms with Gasteiger partial charge in [0.05, 0.1) is 22.9 Å². The van der Waals surface area contributed by atoms with Crippen molar-refractivity contribution in [1.82, 2.24) is 15.0 Å². The average molecular weight is 395 g/mol. The largest absolute Gasteiger partial charge is 0.365 e. The van der Waals surface area contributed by atoms with Crippen LogP contribution in [0.15, 0.2) is 90.4 Å². The van der Waals surface area contributed by atoms with E-state index >= 15 is 0 Å². The molecule has 2 aromatic heterocycles. The zero-order chi connectivity index (χ0) is 19.5. The number of rotatable bonds is 5. The van der Waals surface area contributed by atoms with Crippen LogP contribution < -0.4 is 5.32 Å². The van der Waals surface area contributed by atoms with E-state index in [0.29, 0.717) is 6.54 Å². The summed E-state index contributed by atoms with van der Waals surface area (Å²) >= 11 is 1.67. The van der Waals surface area contributed by atoms with Crippen molar-refractivity contribution in [3.05, 3.63) is 96.0 Å². The van der Waals surface area contributed by atoms with E-state index in [-0.39, 0.29) is 0 Å². The molecule has 0 aliphatic heterocycles. The van der Waals surface area contributed by atoms with Crippen molar-refractivity contribution in [2.24, 2.45) is 0 Å². The first-order valence-electron chi connectivity index (χ1n) is 9.41. The highest BCUT2D eigenvalue weighted by Gasteiger charge is 2.07. The molecule has 5 aromatic rings. The molecule has 0 spiro atoms. The summed E-state index contributed by atoms with van der Waals surface area (Å²) in [6.45, 7) is 0.695. The monoisotopic (exact) mass is 394 g/mol. The third-order valence-corrected chi connectivity index (χ3v) is 5.59. The van der Waals surface area contributed by atoms with Gasteiger partial charge in [-0.2, -0.15) is 0 Å². The number of fused-ring (bicyclic) bond motifs is 1. The smallest absolute Gasteiger partial charge is 0.145 e. The molecule has 0 aliphatic carbocycles. The van der Waals surface area contributed by atoms with Crippen molar-refractivity contribution < 1.29 is 0 Å². The van der Waals surface area contributed by atoms with Gasteiger partial charge < -0.3 is 5.32 Å².